The molecule has 0 aromatic heterocycles. The van der Waals surface area contributed by atoms with Gasteiger partial charge in [0.05, 0.1) is 0 Å². The van der Waals surface area contributed by atoms with Gasteiger partial charge in [-0.25, -0.2) is 4.31 Å². The quantitative estimate of drug-likeness (QED) is 0.787. The zero-order valence-corrected chi connectivity index (χ0v) is 12.9. The molecule has 1 fully saturated rings. The second-order valence-corrected chi connectivity index (χ2v) is 6.14. The fraction of sp³-hybridized carbons (Fsp3) is 0.538. The van der Waals surface area contributed by atoms with Crippen molar-refractivity contribution in [3.8, 4) is 5.75 Å². The lowest BCUT2D eigenvalue weighted by Gasteiger charge is -2.16. The highest BCUT2D eigenvalue weighted by Gasteiger charge is 2.23. The molecule has 17 heavy (non-hydrogen) atoms. The molecule has 0 spiro atoms. The van der Waals surface area contributed by atoms with Gasteiger partial charge in [0.25, 0.3) is 0 Å². The Hall–Kier alpha value is -0.190. The smallest absolute Gasteiger partial charge is 0.120 e. The number of benzene rings is 1. The van der Waals surface area contributed by atoms with Crippen LogP contribution in [0, 0.1) is 13.8 Å². The van der Waals surface area contributed by atoms with Crippen LogP contribution in [0.15, 0.2) is 16.6 Å². The Morgan fingerprint density at radius 3 is 2.53 bits per heavy atom. The first-order valence-corrected chi connectivity index (χ1v) is 7.80. The van der Waals surface area contributed by atoms with Crippen molar-refractivity contribution in [2.75, 3.05) is 19.3 Å². The summed E-state index contributed by atoms with van der Waals surface area (Å²) in [5.74, 6) is 0.996. The molecule has 1 aromatic rings. The second kappa shape index (κ2) is 5.63. The van der Waals surface area contributed by atoms with E-state index < -0.39 is 0 Å². The summed E-state index contributed by atoms with van der Waals surface area (Å²) in [4.78, 5) is 0. The van der Waals surface area contributed by atoms with Crippen molar-refractivity contribution in [2.24, 2.45) is 0 Å². The average molecular weight is 316 g/mol. The Morgan fingerprint density at radius 2 is 2.00 bits per heavy atom. The lowest BCUT2D eigenvalue weighted by molar-refractivity contribution is 0.217. The molecule has 1 aromatic carbocycles. The molecule has 2 rings (SSSR count). The minimum atomic E-state index is 0.336. The third-order valence-corrected chi connectivity index (χ3v) is 5.18. The van der Waals surface area contributed by atoms with Crippen molar-refractivity contribution in [3.63, 3.8) is 0 Å². The molecule has 0 unspecified atom stereocenters. The minimum Gasteiger partial charge on any atom is -0.489 e. The van der Waals surface area contributed by atoms with Crippen LogP contribution in [0.2, 0.25) is 0 Å². The van der Waals surface area contributed by atoms with Gasteiger partial charge in [-0.3, -0.25) is 0 Å². The Bertz CT molecular complexity index is 387. The number of ether oxygens (including phenoxy) is 1. The topological polar surface area (TPSA) is 12.5 Å². The molecule has 4 heteroatoms. The predicted molar refractivity (Wildman–Crippen MR) is 77.7 cm³/mol. The zero-order chi connectivity index (χ0) is 12.4. The van der Waals surface area contributed by atoms with Gasteiger partial charge in [-0.05, 0) is 49.8 Å². The SMILES string of the molecule is CSN1CC[C@@H](Oc2cc(C)c(Br)c(C)c2)C1. The highest BCUT2D eigenvalue weighted by Crippen LogP contribution is 2.28. The van der Waals surface area contributed by atoms with Gasteiger partial charge >= 0.3 is 0 Å². The lowest BCUT2D eigenvalue weighted by Crippen LogP contribution is -2.20. The first-order valence-electron chi connectivity index (χ1n) is 5.82. The molecule has 1 atom stereocenters. The van der Waals surface area contributed by atoms with Crippen LogP contribution >= 0.6 is 27.9 Å². The molecule has 1 saturated heterocycles. The van der Waals surface area contributed by atoms with E-state index >= 15 is 0 Å². The molecule has 1 heterocycles. The number of hydrogen-bond donors (Lipinski definition) is 0. The fourth-order valence-corrected chi connectivity index (χ4v) is 2.96. The van der Waals surface area contributed by atoms with Crippen molar-refractivity contribution >= 4 is 27.9 Å². The number of nitrogens with zero attached hydrogens (tertiary/aromatic N) is 1. The average Bonchev–Trinajstić information content (AvgIpc) is 2.73. The van der Waals surface area contributed by atoms with Gasteiger partial charge in [-0.15, -0.1) is 0 Å². The molecular weight excluding hydrogens is 298 g/mol. The fourth-order valence-electron chi connectivity index (χ4n) is 2.13. The Balaban J connectivity index is 2.04. The first kappa shape index (κ1) is 13.2. The van der Waals surface area contributed by atoms with E-state index in [0.717, 1.165) is 25.3 Å². The van der Waals surface area contributed by atoms with Gasteiger partial charge in [0, 0.05) is 17.6 Å². The third kappa shape index (κ3) is 3.18. The summed E-state index contributed by atoms with van der Waals surface area (Å²) in [6, 6.07) is 4.22. The van der Waals surface area contributed by atoms with Crippen LogP contribution in [0.1, 0.15) is 17.5 Å². The summed E-state index contributed by atoms with van der Waals surface area (Å²) < 4.78 is 9.58. The largest absolute Gasteiger partial charge is 0.489 e. The van der Waals surface area contributed by atoms with Gasteiger partial charge in [-0.1, -0.05) is 27.9 Å². The van der Waals surface area contributed by atoms with Crippen molar-refractivity contribution < 1.29 is 4.74 Å². The van der Waals surface area contributed by atoms with E-state index in [1.807, 2.05) is 0 Å². The summed E-state index contributed by atoms with van der Waals surface area (Å²) in [5, 5.41) is 0. The van der Waals surface area contributed by atoms with Crippen molar-refractivity contribution in [3.05, 3.63) is 27.7 Å². The van der Waals surface area contributed by atoms with Gasteiger partial charge in [0.1, 0.15) is 11.9 Å². The molecule has 94 valence electrons. The van der Waals surface area contributed by atoms with E-state index in [-0.39, 0.29) is 0 Å². The van der Waals surface area contributed by atoms with E-state index in [4.69, 9.17) is 4.74 Å². The summed E-state index contributed by atoms with van der Waals surface area (Å²) in [7, 11) is 0. The van der Waals surface area contributed by atoms with Gasteiger partial charge in [0.2, 0.25) is 0 Å². The molecule has 0 N–H and O–H groups in total. The molecule has 0 bridgehead atoms. The molecule has 0 aliphatic carbocycles. The van der Waals surface area contributed by atoms with E-state index in [1.54, 1.807) is 11.9 Å². The summed E-state index contributed by atoms with van der Waals surface area (Å²) in [6.07, 6.45) is 3.58. The van der Waals surface area contributed by atoms with Crippen LogP contribution in [0.5, 0.6) is 5.75 Å². The summed E-state index contributed by atoms with van der Waals surface area (Å²) in [5.41, 5.74) is 2.47. The maximum absolute atomic E-state index is 6.05. The highest BCUT2D eigenvalue weighted by atomic mass is 79.9. The molecule has 1 aliphatic heterocycles. The third-order valence-electron chi connectivity index (χ3n) is 3.08. The Labute approximate surface area is 116 Å². The van der Waals surface area contributed by atoms with E-state index in [0.29, 0.717) is 6.10 Å². The monoisotopic (exact) mass is 315 g/mol. The van der Waals surface area contributed by atoms with Crippen molar-refractivity contribution in [2.45, 2.75) is 26.4 Å². The summed E-state index contributed by atoms with van der Waals surface area (Å²) >= 11 is 5.38. The molecule has 0 amide bonds. The standard InChI is InChI=1S/C13H18BrNOS/c1-9-6-12(7-10(2)13(9)14)16-11-4-5-15(8-11)17-3/h6-7,11H,4-5,8H2,1-3H3/t11-/m1/s1. The molecule has 1 aliphatic rings. The predicted octanol–water partition coefficient (Wildman–Crippen LogP) is 3.80. The highest BCUT2D eigenvalue weighted by molar-refractivity contribution is 9.10. The number of rotatable bonds is 3. The molecule has 0 radical (unpaired) electrons. The van der Waals surface area contributed by atoms with E-state index in [9.17, 15) is 0 Å². The summed E-state index contributed by atoms with van der Waals surface area (Å²) in [6.45, 7) is 6.36. The maximum Gasteiger partial charge on any atom is 0.120 e. The number of halogens is 1. The normalized spacial score (nSPS) is 20.8. The van der Waals surface area contributed by atoms with Crippen LogP contribution in [0.25, 0.3) is 0 Å². The van der Waals surface area contributed by atoms with Crippen LogP contribution in [-0.4, -0.2) is 29.8 Å². The zero-order valence-electron chi connectivity index (χ0n) is 10.5. The van der Waals surface area contributed by atoms with Crippen LogP contribution < -0.4 is 4.74 Å². The molecular formula is C13H18BrNOS. The minimum absolute atomic E-state index is 0.336. The van der Waals surface area contributed by atoms with Crippen LogP contribution in [0.4, 0.5) is 0 Å². The van der Waals surface area contributed by atoms with Gasteiger partial charge in [-0.2, -0.15) is 0 Å². The molecule has 0 saturated carbocycles. The number of aryl methyl sites for hydroxylation is 2. The van der Waals surface area contributed by atoms with Crippen molar-refractivity contribution in [1.29, 1.82) is 0 Å². The second-order valence-electron chi connectivity index (χ2n) is 4.47. The van der Waals surface area contributed by atoms with Gasteiger partial charge < -0.3 is 4.74 Å². The Kier molecular flexibility index (Phi) is 4.39. The van der Waals surface area contributed by atoms with Gasteiger partial charge in [0.15, 0.2) is 0 Å². The molecule has 2 nitrogen and oxygen atoms in total. The van der Waals surface area contributed by atoms with Crippen LogP contribution in [0.3, 0.4) is 0 Å². The van der Waals surface area contributed by atoms with Crippen molar-refractivity contribution in [1.82, 2.24) is 4.31 Å². The first-order chi connectivity index (χ1) is 8.10. The van der Waals surface area contributed by atoms with Crippen LogP contribution in [-0.2, 0) is 0 Å². The van der Waals surface area contributed by atoms with E-state index in [1.165, 1.54) is 15.6 Å². The van der Waals surface area contributed by atoms with E-state index in [2.05, 4.69) is 52.5 Å². The lowest BCUT2D eigenvalue weighted by atomic mass is 10.1. The number of hydrogen-bond acceptors (Lipinski definition) is 3. The maximum atomic E-state index is 6.05. The Morgan fingerprint density at radius 1 is 1.35 bits per heavy atom.